The zero-order valence-electron chi connectivity index (χ0n) is 16.4. The Kier molecular flexibility index (Phi) is 4.49. The van der Waals surface area contributed by atoms with E-state index in [0.717, 1.165) is 24.0 Å². The fraction of sp³-hybridized carbons (Fsp3) is 0.174. The molecule has 1 aliphatic heterocycles. The number of anilines is 1. The Balaban J connectivity index is 1.34. The van der Waals surface area contributed by atoms with Gasteiger partial charge in [0.2, 0.25) is 12.7 Å². The Morgan fingerprint density at radius 1 is 0.903 bits per heavy atom. The fourth-order valence-electron chi connectivity index (χ4n) is 3.81. The fourth-order valence-corrected chi connectivity index (χ4v) is 4.35. The Labute approximate surface area is 179 Å². The Morgan fingerprint density at radius 3 is 2.35 bits per heavy atom. The third-order valence-electron chi connectivity index (χ3n) is 5.73. The number of rotatable bonds is 5. The number of benzene rings is 3. The molecule has 1 aliphatic carbocycles. The average Bonchev–Trinajstić information content (AvgIpc) is 3.45. The summed E-state index contributed by atoms with van der Waals surface area (Å²) in [5.41, 5.74) is 2.49. The highest BCUT2D eigenvalue weighted by Gasteiger charge is 2.51. The van der Waals surface area contributed by atoms with Gasteiger partial charge in [-0.15, -0.1) is 5.14 Å². The minimum atomic E-state index is -4.02. The molecule has 7 nitrogen and oxygen atoms in total. The van der Waals surface area contributed by atoms with E-state index in [4.69, 9.17) is 14.6 Å². The number of hydrogen-bond donors (Lipinski definition) is 1. The van der Waals surface area contributed by atoms with Crippen LogP contribution in [0.2, 0.25) is 0 Å². The van der Waals surface area contributed by atoms with Crippen molar-refractivity contribution >= 4 is 21.6 Å². The summed E-state index contributed by atoms with van der Waals surface area (Å²) < 4.78 is 33.7. The molecule has 1 heterocycles. The van der Waals surface area contributed by atoms with E-state index in [9.17, 15) is 13.2 Å². The van der Waals surface area contributed by atoms with Crippen molar-refractivity contribution in [2.75, 3.05) is 12.1 Å². The molecule has 2 N–H and O–H groups in total. The molecule has 0 bridgehead atoms. The Hall–Kier alpha value is -3.36. The highest BCUT2D eigenvalue weighted by molar-refractivity contribution is 7.88. The molecule has 3 aromatic carbocycles. The van der Waals surface area contributed by atoms with Gasteiger partial charge in [-0.1, -0.05) is 30.3 Å². The molecule has 0 aromatic heterocycles. The van der Waals surface area contributed by atoms with Gasteiger partial charge in [-0.25, -0.2) is 8.42 Å². The van der Waals surface area contributed by atoms with Gasteiger partial charge in [-0.3, -0.25) is 4.79 Å². The first-order valence-electron chi connectivity index (χ1n) is 9.77. The molecule has 2 aliphatic rings. The predicted molar refractivity (Wildman–Crippen MR) is 114 cm³/mol. The number of ether oxygens (including phenoxy) is 2. The topological polar surface area (TPSA) is 106 Å². The van der Waals surface area contributed by atoms with Crippen LogP contribution in [-0.2, 0) is 20.2 Å². The summed E-state index contributed by atoms with van der Waals surface area (Å²) in [5, 5.41) is 10.2. The van der Waals surface area contributed by atoms with E-state index >= 15 is 0 Å². The third-order valence-corrected chi connectivity index (χ3v) is 6.60. The predicted octanol–water partition coefficient (Wildman–Crippen LogP) is 3.72. The first-order chi connectivity index (χ1) is 14.8. The van der Waals surface area contributed by atoms with Gasteiger partial charge in [-0.2, -0.15) is 0 Å². The van der Waals surface area contributed by atoms with Crippen LogP contribution in [0.5, 0.6) is 11.5 Å². The molecule has 0 saturated heterocycles. The highest BCUT2D eigenvalue weighted by atomic mass is 32.2. The smallest absolute Gasteiger partial charge is 0.254 e. The second-order valence-electron chi connectivity index (χ2n) is 7.71. The van der Waals surface area contributed by atoms with Gasteiger partial charge in [0.05, 0.1) is 10.3 Å². The normalized spacial score (nSPS) is 16.0. The van der Waals surface area contributed by atoms with E-state index in [0.29, 0.717) is 22.7 Å². The summed E-state index contributed by atoms with van der Waals surface area (Å²) >= 11 is 0. The van der Waals surface area contributed by atoms with Crippen molar-refractivity contribution in [1.82, 2.24) is 5.14 Å². The maximum atomic E-state index is 13.0. The minimum Gasteiger partial charge on any atom is -0.454 e. The van der Waals surface area contributed by atoms with Crippen molar-refractivity contribution in [2.24, 2.45) is 0 Å². The van der Waals surface area contributed by atoms with Crippen molar-refractivity contribution in [3.8, 4) is 22.6 Å². The van der Waals surface area contributed by atoms with Crippen molar-refractivity contribution in [1.29, 1.82) is 0 Å². The molecule has 1 saturated carbocycles. The van der Waals surface area contributed by atoms with E-state index in [2.05, 4.69) is 5.32 Å². The van der Waals surface area contributed by atoms with Crippen LogP contribution in [0, 0.1) is 0 Å². The highest BCUT2D eigenvalue weighted by Crippen LogP contribution is 2.51. The van der Waals surface area contributed by atoms with Crippen molar-refractivity contribution in [2.45, 2.75) is 23.2 Å². The minimum absolute atomic E-state index is 0.0539. The van der Waals surface area contributed by atoms with Crippen LogP contribution in [0.1, 0.15) is 18.4 Å². The molecule has 31 heavy (non-hydrogen) atoms. The van der Waals surface area contributed by atoms with Gasteiger partial charge >= 0.3 is 0 Å². The summed E-state index contributed by atoms with van der Waals surface area (Å²) in [7, 11) is -4.02. The van der Waals surface area contributed by atoms with E-state index < -0.39 is 15.4 Å². The van der Waals surface area contributed by atoms with Crippen molar-refractivity contribution in [3.05, 3.63) is 72.3 Å². The Morgan fingerprint density at radius 2 is 1.65 bits per heavy atom. The Bertz CT molecular complexity index is 1280. The van der Waals surface area contributed by atoms with E-state index in [1.165, 1.54) is 12.1 Å². The molecular weight excluding hydrogens is 416 g/mol. The number of nitrogens with one attached hydrogen (secondary N) is 2. The third kappa shape index (κ3) is 3.64. The van der Waals surface area contributed by atoms with E-state index in [1.807, 2.05) is 30.3 Å². The summed E-state index contributed by atoms with van der Waals surface area (Å²) in [5.74, 6) is 1.29. The van der Waals surface area contributed by atoms with Crippen LogP contribution in [-0.4, -0.2) is 21.1 Å². The van der Waals surface area contributed by atoms with Crippen molar-refractivity contribution in [3.63, 3.8) is 0 Å². The monoisotopic (exact) mass is 435 g/mol. The van der Waals surface area contributed by atoms with Gasteiger partial charge in [0.15, 0.2) is 11.5 Å². The number of fused-ring (bicyclic) bond motifs is 1. The van der Waals surface area contributed by atoms with Crippen LogP contribution in [0.4, 0.5) is 5.69 Å². The summed E-state index contributed by atoms with van der Waals surface area (Å²) in [6.45, 7) is 0.195. The SMILES string of the molecule is [NH]S(=O)(=O)c1cccc(-c2ccc(NC(=O)C3(c4ccc5c(c4)OCO5)CC3)cc2)c1. The van der Waals surface area contributed by atoms with E-state index in [1.54, 1.807) is 24.3 Å². The molecular formula is C23H19N2O5S. The molecule has 0 atom stereocenters. The maximum absolute atomic E-state index is 13.0. The van der Waals surface area contributed by atoms with Gasteiger partial charge < -0.3 is 14.8 Å². The largest absolute Gasteiger partial charge is 0.454 e. The summed E-state index contributed by atoms with van der Waals surface area (Å²) in [4.78, 5) is 13.0. The van der Waals surface area contributed by atoms with Gasteiger partial charge in [-0.05, 0) is 65.9 Å². The molecule has 8 heteroatoms. The number of hydrogen-bond acceptors (Lipinski definition) is 5. The van der Waals surface area contributed by atoms with Gasteiger partial charge in [0.1, 0.15) is 0 Å². The molecule has 1 amide bonds. The van der Waals surface area contributed by atoms with Crippen LogP contribution in [0.25, 0.3) is 11.1 Å². The second-order valence-corrected chi connectivity index (χ2v) is 9.19. The molecule has 5 rings (SSSR count). The molecule has 157 valence electrons. The number of carbonyl (C=O) groups excluding carboxylic acids is 1. The van der Waals surface area contributed by atoms with Crippen molar-refractivity contribution < 1.29 is 22.7 Å². The number of sulfonamides is 1. The standard InChI is InChI=1S/C23H19N2O5S/c24-31(27,28)19-3-1-2-16(12-19)15-4-7-18(8-5-15)25-22(26)23(10-11-23)17-6-9-20-21(13-17)30-14-29-20/h1-9,12-13,24H,10-11,14H2,(H,25,26). The van der Waals surface area contributed by atoms with Gasteiger partial charge in [0, 0.05) is 5.69 Å². The molecule has 1 radical (unpaired) electrons. The first-order valence-corrected chi connectivity index (χ1v) is 11.3. The van der Waals surface area contributed by atoms with Crippen LogP contribution >= 0.6 is 0 Å². The quantitative estimate of drug-likeness (QED) is 0.657. The lowest BCUT2D eigenvalue weighted by atomic mass is 9.94. The number of carbonyl (C=O) groups is 1. The lowest BCUT2D eigenvalue weighted by molar-refractivity contribution is -0.118. The lowest BCUT2D eigenvalue weighted by Gasteiger charge is -2.16. The summed E-state index contributed by atoms with van der Waals surface area (Å²) in [6, 6.07) is 19.1. The van der Waals surface area contributed by atoms with Crippen LogP contribution in [0.3, 0.4) is 0 Å². The molecule has 0 spiro atoms. The molecule has 3 aromatic rings. The summed E-state index contributed by atoms with van der Waals surface area (Å²) in [6.07, 6.45) is 1.54. The average molecular weight is 435 g/mol. The lowest BCUT2D eigenvalue weighted by Crippen LogP contribution is -2.27. The molecule has 0 unspecified atom stereocenters. The van der Waals surface area contributed by atoms with Crippen LogP contribution < -0.4 is 19.9 Å². The van der Waals surface area contributed by atoms with E-state index in [-0.39, 0.29) is 17.6 Å². The van der Waals surface area contributed by atoms with Gasteiger partial charge in [0.25, 0.3) is 10.0 Å². The molecule has 1 fully saturated rings. The van der Waals surface area contributed by atoms with Crippen LogP contribution in [0.15, 0.2) is 71.6 Å². The zero-order valence-corrected chi connectivity index (χ0v) is 17.2. The number of amides is 1. The zero-order chi connectivity index (χ0) is 21.6. The maximum Gasteiger partial charge on any atom is 0.254 e. The first kappa shape index (κ1) is 19.6. The second kappa shape index (κ2) is 7.11.